The van der Waals surface area contributed by atoms with Crippen molar-refractivity contribution in [1.29, 1.82) is 0 Å². The molecule has 2 atom stereocenters. The lowest BCUT2D eigenvalue weighted by Crippen LogP contribution is -2.43. The Labute approximate surface area is 131 Å². The maximum absolute atomic E-state index is 5.91. The van der Waals surface area contributed by atoms with Gasteiger partial charge >= 0.3 is 0 Å². The van der Waals surface area contributed by atoms with Crippen molar-refractivity contribution in [2.24, 2.45) is 0 Å². The Morgan fingerprint density at radius 2 is 2.05 bits per heavy atom. The van der Waals surface area contributed by atoms with Crippen LogP contribution in [0.4, 0.5) is 0 Å². The zero-order valence-corrected chi connectivity index (χ0v) is 14.1. The number of ether oxygens (including phenoxy) is 1. The number of nitrogens with one attached hydrogen (secondary N) is 1. The zero-order valence-electron chi connectivity index (χ0n) is 13.3. The summed E-state index contributed by atoms with van der Waals surface area (Å²) in [5.74, 6) is 0. The third-order valence-corrected chi connectivity index (χ3v) is 4.68. The molecule has 0 aliphatic heterocycles. The molecule has 2 aromatic rings. The highest BCUT2D eigenvalue weighted by Gasteiger charge is 2.21. The fourth-order valence-corrected chi connectivity index (χ4v) is 3.62. The molecule has 116 valence electrons. The van der Waals surface area contributed by atoms with Crippen LogP contribution in [0, 0.1) is 0 Å². The van der Waals surface area contributed by atoms with Crippen LogP contribution in [-0.4, -0.2) is 30.3 Å². The third kappa shape index (κ3) is 4.50. The molecule has 1 aromatic heterocycles. The van der Waals surface area contributed by atoms with Crippen LogP contribution in [0.15, 0.2) is 24.3 Å². The van der Waals surface area contributed by atoms with Crippen molar-refractivity contribution < 1.29 is 4.74 Å². The second kappa shape index (κ2) is 8.47. The van der Waals surface area contributed by atoms with Crippen molar-refractivity contribution in [3.05, 3.63) is 29.3 Å². The Bertz CT molecular complexity index is 507. The van der Waals surface area contributed by atoms with E-state index in [9.17, 15) is 0 Å². The van der Waals surface area contributed by atoms with Crippen LogP contribution in [-0.2, 0) is 11.2 Å². The van der Waals surface area contributed by atoms with Crippen molar-refractivity contribution >= 4 is 21.6 Å². The first-order valence-electron chi connectivity index (χ1n) is 7.97. The van der Waals surface area contributed by atoms with Gasteiger partial charge in [0.1, 0.15) is 0 Å². The summed E-state index contributed by atoms with van der Waals surface area (Å²) in [6.45, 7) is 8.25. The van der Waals surface area contributed by atoms with Crippen LogP contribution >= 0.6 is 11.3 Å². The Morgan fingerprint density at radius 1 is 1.24 bits per heavy atom. The Morgan fingerprint density at radius 3 is 2.71 bits per heavy atom. The van der Waals surface area contributed by atoms with E-state index in [1.807, 2.05) is 6.07 Å². The summed E-state index contributed by atoms with van der Waals surface area (Å²) in [6.07, 6.45) is 3.37. The standard InChI is InChI=1S/C17H26N2OS/c1-4-11-18-14(15(5-2)20-6-3)12-17-19-13-9-7-8-10-16(13)21-17/h7-10,14-15,18H,4-6,11-12H2,1-3H3. The summed E-state index contributed by atoms with van der Waals surface area (Å²) in [7, 11) is 0. The molecule has 0 amide bonds. The fourth-order valence-electron chi connectivity index (χ4n) is 2.59. The van der Waals surface area contributed by atoms with E-state index in [4.69, 9.17) is 9.72 Å². The molecule has 1 aromatic carbocycles. The van der Waals surface area contributed by atoms with Gasteiger partial charge in [0, 0.05) is 19.1 Å². The van der Waals surface area contributed by atoms with Gasteiger partial charge in [0.2, 0.25) is 0 Å². The molecule has 1 N–H and O–H groups in total. The topological polar surface area (TPSA) is 34.2 Å². The molecule has 0 fully saturated rings. The van der Waals surface area contributed by atoms with Crippen LogP contribution in [0.3, 0.4) is 0 Å². The quantitative estimate of drug-likeness (QED) is 0.759. The molecule has 21 heavy (non-hydrogen) atoms. The number of hydrogen-bond acceptors (Lipinski definition) is 4. The molecule has 0 radical (unpaired) electrons. The second-order valence-electron chi connectivity index (χ2n) is 5.24. The van der Waals surface area contributed by atoms with Gasteiger partial charge in [0.25, 0.3) is 0 Å². The molecule has 2 rings (SSSR count). The minimum atomic E-state index is 0.258. The van der Waals surface area contributed by atoms with Gasteiger partial charge in [-0.1, -0.05) is 26.0 Å². The zero-order chi connectivity index (χ0) is 15.1. The smallest absolute Gasteiger partial charge is 0.0955 e. The van der Waals surface area contributed by atoms with Crippen molar-refractivity contribution in [2.45, 2.75) is 52.2 Å². The number of benzene rings is 1. The Balaban J connectivity index is 2.12. The average molecular weight is 306 g/mol. The number of aromatic nitrogens is 1. The van der Waals surface area contributed by atoms with E-state index in [-0.39, 0.29) is 6.10 Å². The van der Waals surface area contributed by atoms with E-state index < -0.39 is 0 Å². The van der Waals surface area contributed by atoms with Gasteiger partial charge in [-0.15, -0.1) is 11.3 Å². The highest BCUT2D eigenvalue weighted by atomic mass is 32.1. The minimum Gasteiger partial charge on any atom is -0.377 e. The number of fused-ring (bicyclic) bond motifs is 1. The van der Waals surface area contributed by atoms with Gasteiger partial charge < -0.3 is 10.1 Å². The van der Waals surface area contributed by atoms with E-state index in [1.54, 1.807) is 11.3 Å². The Hall–Kier alpha value is -0.970. The fraction of sp³-hybridized carbons (Fsp3) is 0.588. The van der Waals surface area contributed by atoms with Gasteiger partial charge in [-0.25, -0.2) is 4.98 Å². The van der Waals surface area contributed by atoms with Crippen molar-refractivity contribution in [3.8, 4) is 0 Å². The lowest BCUT2D eigenvalue weighted by atomic mass is 10.1. The van der Waals surface area contributed by atoms with Crippen LogP contribution in [0.1, 0.15) is 38.6 Å². The van der Waals surface area contributed by atoms with Gasteiger partial charge in [-0.3, -0.25) is 0 Å². The highest BCUT2D eigenvalue weighted by molar-refractivity contribution is 7.18. The lowest BCUT2D eigenvalue weighted by Gasteiger charge is -2.26. The van der Waals surface area contributed by atoms with Crippen molar-refractivity contribution in [1.82, 2.24) is 10.3 Å². The maximum atomic E-state index is 5.91. The molecule has 3 nitrogen and oxygen atoms in total. The molecule has 0 spiro atoms. The van der Waals surface area contributed by atoms with E-state index in [2.05, 4.69) is 44.3 Å². The first kappa shape index (κ1) is 16.4. The van der Waals surface area contributed by atoms with Crippen LogP contribution in [0.2, 0.25) is 0 Å². The normalized spacial score (nSPS) is 14.4. The van der Waals surface area contributed by atoms with E-state index >= 15 is 0 Å². The number of nitrogens with zero attached hydrogens (tertiary/aromatic N) is 1. The molecule has 1 heterocycles. The molecule has 4 heteroatoms. The summed E-state index contributed by atoms with van der Waals surface area (Å²) in [5, 5.41) is 4.84. The molecule has 0 saturated carbocycles. The molecule has 0 saturated heterocycles. The average Bonchev–Trinajstić information content (AvgIpc) is 2.91. The second-order valence-corrected chi connectivity index (χ2v) is 6.36. The third-order valence-electron chi connectivity index (χ3n) is 3.62. The molecule has 2 unspecified atom stereocenters. The molecule has 0 aliphatic carbocycles. The highest BCUT2D eigenvalue weighted by Crippen LogP contribution is 2.23. The molecule has 0 aliphatic rings. The summed E-state index contributed by atoms with van der Waals surface area (Å²) < 4.78 is 7.18. The van der Waals surface area contributed by atoms with Gasteiger partial charge in [-0.2, -0.15) is 0 Å². The summed E-state index contributed by atoms with van der Waals surface area (Å²) in [6, 6.07) is 8.70. The predicted molar refractivity (Wildman–Crippen MR) is 91.1 cm³/mol. The SMILES string of the molecule is CCCNC(Cc1nc2ccccc2s1)C(CC)OCC. The van der Waals surface area contributed by atoms with E-state index in [1.165, 1.54) is 9.71 Å². The Kier molecular flexibility index (Phi) is 6.61. The molecular formula is C17H26N2OS. The van der Waals surface area contributed by atoms with Crippen LogP contribution < -0.4 is 5.32 Å². The first-order chi connectivity index (χ1) is 10.3. The van der Waals surface area contributed by atoms with Gasteiger partial charge in [-0.05, 0) is 38.4 Å². The van der Waals surface area contributed by atoms with Gasteiger partial charge in [0.15, 0.2) is 0 Å². The monoisotopic (exact) mass is 306 g/mol. The summed E-state index contributed by atoms with van der Waals surface area (Å²) in [4.78, 5) is 4.76. The van der Waals surface area contributed by atoms with Crippen molar-refractivity contribution in [2.75, 3.05) is 13.2 Å². The number of para-hydroxylation sites is 1. The molecular weight excluding hydrogens is 280 g/mol. The van der Waals surface area contributed by atoms with Crippen LogP contribution in [0.25, 0.3) is 10.2 Å². The summed E-state index contributed by atoms with van der Waals surface area (Å²) >= 11 is 1.80. The number of rotatable bonds is 9. The lowest BCUT2D eigenvalue weighted by molar-refractivity contribution is 0.0319. The number of thiazole rings is 1. The minimum absolute atomic E-state index is 0.258. The van der Waals surface area contributed by atoms with E-state index in [0.717, 1.165) is 37.9 Å². The van der Waals surface area contributed by atoms with E-state index in [0.29, 0.717) is 6.04 Å². The van der Waals surface area contributed by atoms with Crippen molar-refractivity contribution in [3.63, 3.8) is 0 Å². The first-order valence-corrected chi connectivity index (χ1v) is 8.79. The summed E-state index contributed by atoms with van der Waals surface area (Å²) in [5.41, 5.74) is 1.11. The van der Waals surface area contributed by atoms with Crippen LogP contribution in [0.5, 0.6) is 0 Å². The largest absolute Gasteiger partial charge is 0.377 e. The number of hydrogen-bond donors (Lipinski definition) is 1. The predicted octanol–water partition coefficient (Wildman–Crippen LogP) is 4.02. The van der Waals surface area contributed by atoms with Gasteiger partial charge in [0.05, 0.1) is 21.3 Å². The molecule has 0 bridgehead atoms. The maximum Gasteiger partial charge on any atom is 0.0955 e.